The number of carbonyl (C=O) groups is 1. The molecule has 1 fully saturated rings. The van der Waals surface area contributed by atoms with Gasteiger partial charge in [-0.25, -0.2) is 0 Å². The molecule has 18 heavy (non-hydrogen) atoms. The fraction of sp³-hybridized carbons (Fsp3) is 0.462. The van der Waals surface area contributed by atoms with Gasteiger partial charge in [0.2, 0.25) is 5.91 Å². The van der Waals surface area contributed by atoms with Crippen molar-refractivity contribution in [2.75, 3.05) is 43.9 Å². The van der Waals surface area contributed by atoms with Crippen molar-refractivity contribution in [3.05, 3.63) is 23.8 Å². The molecule has 5 nitrogen and oxygen atoms in total. The molecule has 1 aliphatic heterocycles. The van der Waals surface area contributed by atoms with Crippen molar-refractivity contribution < 1.29 is 4.79 Å². The van der Waals surface area contributed by atoms with Crippen LogP contribution < -0.4 is 16.4 Å². The minimum atomic E-state index is -0.441. The highest BCUT2D eigenvalue weighted by Crippen LogP contribution is 2.25. The van der Waals surface area contributed by atoms with Crippen molar-refractivity contribution in [1.82, 2.24) is 4.90 Å². The molecule has 0 radical (unpaired) electrons. The Bertz CT molecular complexity index is 447. The smallest absolute Gasteiger partial charge is 0.248 e. The predicted octanol–water partition coefficient (Wildman–Crippen LogP) is 0.510. The average molecular weight is 248 g/mol. The van der Waals surface area contributed by atoms with Crippen LogP contribution in [-0.2, 0) is 0 Å². The Morgan fingerprint density at radius 3 is 2.67 bits per heavy atom. The molecule has 98 valence electrons. The molecule has 0 aromatic heterocycles. The third kappa shape index (κ3) is 2.73. The standard InChI is InChI=1S/C13H20N4O/c1-16-5-2-6-17(8-7-16)12-4-3-10(13(15)18)9-11(12)14/h3-4,9H,2,5-8,14H2,1H3,(H2,15,18). The van der Waals surface area contributed by atoms with E-state index in [1.807, 2.05) is 6.07 Å². The number of anilines is 2. The number of nitrogens with zero attached hydrogens (tertiary/aromatic N) is 2. The summed E-state index contributed by atoms with van der Waals surface area (Å²) in [6.07, 6.45) is 1.12. The van der Waals surface area contributed by atoms with E-state index >= 15 is 0 Å². The molecule has 1 aliphatic rings. The van der Waals surface area contributed by atoms with Crippen LogP contribution >= 0.6 is 0 Å². The maximum absolute atomic E-state index is 11.1. The van der Waals surface area contributed by atoms with Gasteiger partial charge in [-0.15, -0.1) is 0 Å². The number of likely N-dealkylation sites (N-methyl/N-ethyl adjacent to an activating group) is 1. The molecule has 0 unspecified atom stereocenters. The summed E-state index contributed by atoms with van der Waals surface area (Å²) in [7, 11) is 2.13. The van der Waals surface area contributed by atoms with Gasteiger partial charge >= 0.3 is 0 Å². The van der Waals surface area contributed by atoms with E-state index < -0.39 is 5.91 Å². The van der Waals surface area contributed by atoms with Gasteiger partial charge in [0, 0.05) is 25.2 Å². The van der Waals surface area contributed by atoms with E-state index in [0.29, 0.717) is 11.3 Å². The minimum absolute atomic E-state index is 0.441. The fourth-order valence-corrected chi connectivity index (χ4v) is 2.28. The zero-order valence-corrected chi connectivity index (χ0v) is 10.7. The van der Waals surface area contributed by atoms with E-state index in [-0.39, 0.29) is 0 Å². The van der Waals surface area contributed by atoms with Gasteiger partial charge in [0.1, 0.15) is 0 Å². The Labute approximate surface area is 107 Å². The summed E-state index contributed by atoms with van der Waals surface area (Å²) in [5, 5.41) is 0. The summed E-state index contributed by atoms with van der Waals surface area (Å²) in [5.74, 6) is -0.441. The van der Waals surface area contributed by atoms with Gasteiger partial charge in [-0.1, -0.05) is 0 Å². The molecule has 0 saturated carbocycles. The van der Waals surface area contributed by atoms with Crippen LogP contribution in [0.25, 0.3) is 0 Å². The first-order valence-electron chi connectivity index (χ1n) is 6.21. The molecular formula is C13H20N4O. The highest BCUT2D eigenvalue weighted by molar-refractivity contribution is 5.94. The molecule has 1 saturated heterocycles. The van der Waals surface area contributed by atoms with Crippen molar-refractivity contribution in [2.24, 2.45) is 5.73 Å². The Morgan fingerprint density at radius 1 is 1.22 bits per heavy atom. The summed E-state index contributed by atoms with van der Waals surface area (Å²) >= 11 is 0. The molecule has 5 heteroatoms. The summed E-state index contributed by atoms with van der Waals surface area (Å²) in [6.45, 7) is 4.08. The first-order valence-corrected chi connectivity index (χ1v) is 6.21. The second kappa shape index (κ2) is 5.27. The summed E-state index contributed by atoms with van der Waals surface area (Å²) in [4.78, 5) is 15.7. The van der Waals surface area contributed by atoms with Gasteiger partial charge in [-0.3, -0.25) is 4.79 Å². The largest absolute Gasteiger partial charge is 0.397 e. The predicted molar refractivity (Wildman–Crippen MR) is 73.7 cm³/mol. The number of rotatable bonds is 2. The van der Waals surface area contributed by atoms with Crippen molar-refractivity contribution in [3.8, 4) is 0 Å². The zero-order valence-electron chi connectivity index (χ0n) is 10.7. The summed E-state index contributed by atoms with van der Waals surface area (Å²) in [6, 6.07) is 5.29. The van der Waals surface area contributed by atoms with Crippen LogP contribution in [0.1, 0.15) is 16.8 Å². The quantitative estimate of drug-likeness (QED) is 0.748. The zero-order chi connectivity index (χ0) is 13.1. The lowest BCUT2D eigenvalue weighted by Gasteiger charge is -2.24. The van der Waals surface area contributed by atoms with Gasteiger partial charge < -0.3 is 21.3 Å². The Kier molecular flexibility index (Phi) is 3.72. The molecular weight excluding hydrogens is 228 g/mol. The number of nitrogen functional groups attached to an aromatic ring is 1. The van der Waals surface area contributed by atoms with E-state index in [1.165, 1.54) is 0 Å². The highest BCUT2D eigenvalue weighted by Gasteiger charge is 2.15. The summed E-state index contributed by atoms with van der Waals surface area (Å²) in [5.41, 5.74) is 13.3. The van der Waals surface area contributed by atoms with E-state index in [9.17, 15) is 4.79 Å². The van der Waals surface area contributed by atoms with E-state index in [0.717, 1.165) is 38.3 Å². The normalized spacial score (nSPS) is 17.5. The average Bonchev–Trinajstić information content (AvgIpc) is 2.54. The van der Waals surface area contributed by atoms with Crippen LogP contribution in [0.5, 0.6) is 0 Å². The Hall–Kier alpha value is -1.75. The second-order valence-electron chi connectivity index (χ2n) is 4.78. The monoisotopic (exact) mass is 248 g/mol. The molecule has 1 heterocycles. The lowest BCUT2D eigenvalue weighted by molar-refractivity contribution is 0.100. The minimum Gasteiger partial charge on any atom is -0.397 e. The highest BCUT2D eigenvalue weighted by atomic mass is 16.1. The van der Waals surface area contributed by atoms with Gasteiger partial charge in [0.15, 0.2) is 0 Å². The molecule has 0 atom stereocenters. The molecule has 0 bridgehead atoms. The number of primary amides is 1. The lowest BCUT2D eigenvalue weighted by Crippen LogP contribution is -2.29. The van der Waals surface area contributed by atoms with Crippen molar-refractivity contribution in [2.45, 2.75) is 6.42 Å². The number of hydrogen-bond acceptors (Lipinski definition) is 4. The first-order chi connectivity index (χ1) is 8.58. The molecule has 1 aromatic carbocycles. The number of carbonyl (C=O) groups excluding carboxylic acids is 1. The Balaban J connectivity index is 2.20. The maximum Gasteiger partial charge on any atom is 0.248 e. The summed E-state index contributed by atoms with van der Waals surface area (Å²) < 4.78 is 0. The van der Waals surface area contributed by atoms with Crippen LogP contribution in [0.15, 0.2) is 18.2 Å². The number of benzene rings is 1. The van der Waals surface area contributed by atoms with Gasteiger partial charge in [-0.05, 0) is 38.2 Å². The van der Waals surface area contributed by atoms with Crippen molar-refractivity contribution in [3.63, 3.8) is 0 Å². The molecule has 4 N–H and O–H groups in total. The first kappa shape index (κ1) is 12.7. The number of amides is 1. The molecule has 1 aromatic rings. The van der Waals surface area contributed by atoms with Crippen LogP contribution in [-0.4, -0.2) is 44.0 Å². The van der Waals surface area contributed by atoms with E-state index in [1.54, 1.807) is 12.1 Å². The molecule has 1 amide bonds. The van der Waals surface area contributed by atoms with Crippen LogP contribution in [0, 0.1) is 0 Å². The van der Waals surface area contributed by atoms with Crippen LogP contribution in [0.4, 0.5) is 11.4 Å². The van der Waals surface area contributed by atoms with Crippen molar-refractivity contribution >= 4 is 17.3 Å². The topological polar surface area (TPSA) is 75.6 Å². The van der Waals surface area contributed by atoms with Gasteiger partial charge in [0.05, 0.1) is 11.4 Å². The Morgan fingerprint density at radius 2 is 2.00 bits per heavy atom. The maximum atomic E-state index is 11.1. The molecule has 0 spiro atoms. The third-order valence-electron chi connectivity index (χ3n) is 3.37. The fourth-order valence-electron chi connectivity index (χ4n) is 2.28. The van der Waals surface area contributed by atoms with Crippen LogP contribution in [0.3, 0.4) is 0 Å². The third-order valence-corrected chi connectivity index (χ3v) is 3.37. The molecule has 2 rings (SSSR count). The van der Waals surface area contributed by atoms with Crippen LogP contribution in [0.2, 0.25) is 0 Å². The second-order valence-corrected chi connectivity index (χ2v) is 4.78. The van der Waals surface area contributed by atoms with E-state index in [2.05, 4.69) is 16.8 Å². The van der Waals surface area contributed by atoms with Crippen molar-refractivity contribution in [1.29, 1.82) is 0 Å². The van der Waals surface area contributed by atoms with Gasteiger partial charge in [0.25, 0.3) is 0 Å². The lowest BCUT2D eigenvalue weighted by atomic mass is 10.1. The number of hydrogen-bond donors (Lipinski definition) is 2. The number of nitrogens with two attached hydrogens (primary N) is 2. The van der Waals surface area contributed by atoms with E-state index in [4.69, 9.17) is 11.5 Å². The van der Waals surface area contributed by atoms with Gasteiger partial charge in [-0.2, -0.15) is 0 Å². The molecule has 0 aliphatic carbocycles. The SMILES string of the molecule is CN1CCCN(c2ccc(C(N)=O)cc2N)CC1.